The van der Waals surface area contributed by atoms with Gasteiger partial charge in [0.15, 0.2) is 0 Å². The van der Waals surface area contributed by atoms with E-state index in [2.05, 4.69) is 22.8 Å². The van der Waals surface area contributed by atoms with Gasteiger partial charge in [-0.05, 0) is 43.5 Å². The minimum Gasteiger partial charge on any atom is -0.383 e. The smallest absolute Gasteiger partial charge is 0.245 e. The van der Waals surface area contributed by atoms with Crippen LogP contribution >= 0.6 is 19.3 Å². The molecule has 4 N–H and O–H groups in total. The lowest BCUT2D eigenvalue weighted by Gasteiger charge is -2.22. The molecule has 0 aliphatic rings. The number of carbonyl (C=O) groups excluding carboxylic acids is 2. The van der Waals surface area contributed by atoms with Crippen LogP contribution in [0, 0.1) is 6.92 Å². The number of nitrogen functional groups attached to an aromatic ring is 1. The molecule has 0 aliphatic carbocycles. The Labute approximate surface area is 197 Å². The quantitative estimate of drug-likeness (QED) is 0.320. The predicted octanol–water partition coefficient (Wildman–Crippen LogP) is 3.36. The fourth-order valence-electron chi connectivity index (χ4n) is 2.77. The van der Waals surface area contributed by atoms with Crippen LogP contribution in [0.3, 0.4) is 0 Å². The first-order valence-electron chi connectivity index (χ1n) is 9.82. The SMILES string of the molecule is C=Cc1cccc(C(=O)S/C(CCOP(=C)(O)O)=C(/C)N(C=O)Cc2cnc(C)nc2N)c1. The maximum Gasteiger partial charge on any atom is 0.245 e. The maximum atomic E-state index is 13.0. The monoisotopic (exact) mass is 490 g/mol. The van der Waals surface area contributed by atoms with Gasteiger partial charge in [-0.25, -0.2) is 9.97 Å². The average molecular weight is 491 g/mol. The van der Waals surface area contributed by atoms with Crippen LogP contribution in [0.2, 0.25) is 0 Å². The minimum atomic E-state index is -3.70. The molecular formula is C22H27N4O5PS. The Hall–Kier alpha value is -2.75. The molecular weight excluding hydrogens is 463 g/mol. The van der Waals surface area contributed by atoms with Gasteiger partial charge >= 0.3 is 0 Å². The van der Waals surface area contributed by atoms with E-state index in [9.17, 15) is 19.4 Å². The van der Waals surface area contributed by atoms with Gasteiger partial charge in [-0.15, -0.1) is 0 Å². The van der Waals surface area contributed by atoms with Crippen LogP contribution in [0.25, 0.3) is 6.08 Å². The molecule has 0 saturated carbocycles. The van der Waals surface area contributed by atoms with Crippen molar-refractivity contribution in [2.75, 3.05) is 12.3 Å². The van der Waals surface area contributed by atoms with E-state index in [-0.39, 0.29) is 30.5 Å². The molecule has 0 bridgehead atoms. The van der Waals surface area contributed by atoms with Crippen molar-refractivity contribution >= 4 is 49.0 Å². The minimum absolute atomic E-state index is 0.0960. The summed E-state index contributed by atoms with van der Waals surface area (Å²) in [7, 11) is -3.70. The number of aryl methyl sites for hydroxylation is 1. The Bertz CT molecular complexity index is 1120. The number of hydrogen-bond donors (Lipinski definition) is 3. The normalized spacial score (nSPS) is 12.1. The van der Waals surface area contributed by atoms with Crippen molar-refractivity contribution < 1.29 is 23.9 Å². The van der Waals surface area contributed by atoms with Gasteiger partial charge in [-0.3, -0.25) is 9.59 Å². The highest BCUT2D eigenvalue weighted by atomic mass is 32.2. The molecule has 0 radical (unpaired) electrons. The third-order valence-corrected chi connectivity index (χ3v) is 6.28. The van der Waals surface area contributed by atoms with Crippen molar-refractivity contribution in [2.24, 2.45) is 0 Å². The Morgan fingerprint density at radius 3 is 2.73 bits per heavy atom. The molecule has 176 valence electrons. The second kappa shape index (κ2) is 11.9. The first-order valence-corrected chi connectivity index (χ1v) is 12.4. The highest BCUT2D eigenvalue weighted by molar-refractivity contribution is 8.17. The molecule has 0 fully saturated rings. The summed E-state index contributed by atoms with van der Waals surface area (Å²) in [6.07, 6.45) is 7.12. The number of hydrogen-bond acceptors (Lipinski definition) is 9. The van der Waals surface area contributed by atoms with Crippen molar-refractivity contribution in [3.8, 4) is 0 Å². The van der Waals surface area contributed by atoms with Crippen molar-refractivity contribution in [3.63, 3.8) is 0 Å². The largest absolute Gasteiger partial charge is 0.383 e. The molecule has 1 aromatic carbocycles. The van der Waals surface area contributed by atoms with Crippen LogP contribution in [0.5, 0.6) is 0 Å². The van der Waals surface area contributed by atoms with E-state index in [4.69, 9.17) is 10.3 Å². The second-order valence-electron chi connectivity index (χ2n) is 7.04. The summed E-state index contributed by atoms with van der Waals surface area (Å²) in [6, 6.07) is 6.97. The molecule has 1 heterocycles. The number of thioether (sulfide) groups is 1. The van der Waals surface area contributed by atoms with Gasteiger partial charge in [0.05, 0.1) is 13.2 Å². The molecule has 0 aliphatic heterocycles. The maximum absolute atomic E-state index is 13.0. The molecule has 0 spiro atoms. The Balaban J connectivity index is 2.34. The molecule has 0 saturated heterocycles. The topological polar surface area (TPSA) is 139 Å². The summed E-state index contributed by atoms with van der Waals surface area (Å²) in [4.78, 5) is 53.8. The van der Waals surface area contributed by atoms with Gasteiger partial charge in [-0.2, -0.15) is 0 Å². The second-order valence-corrected chi connectivity index (χ2v) is 9.69. The molecule has 0 atom stereocenters. The summed E-state index contributed by atoms with van der Waals surface area (Å²) in [5, 5.41) is -0.249. The Morgan fingerprint density at radius 2 is 2.12 bits per heavy atom. The number of carbonyl (C=O) groups is 2. The van der Waals surface area contributed by atoms with E-state index in [1.807, 2.05) is 6.07 Å². The van der Waals surface area contributed by atoms with Crippen LogP contribution in [0.1, 0.15) is 40.7 Å². The van der Waals surface area contributed by atoms with E-state index in [0.717, 1.165) is 17.3 Å². The van der Waals surface area contributed by atoms with Crippen LogP contribution in [-0.2, 0) is 15.9 Å². The van der Waals surface area contributed by atoms with E-state index in [1.165, 1.54) is 4.90 Å². The molecule has 2 aromatic rings. The number of rotatable bonds is 11. The summed E-state index contributed by atoms with van der Waals surface area (Å²) < 4.78 is 4.99. The third-order valence-electron chi connectivity index (χ3n) is 4.52. The van der Waals surface area contributed by atoms with Crippen molar-refractivity contribution in [3.05, 3.63) is 70.2 Å². The van der Waals surface area contributed by atoms with E-state index < -0.39 is 7.57 Å². The Morgan fingerprint density at radius 1 is 1.39 bits per heavy atom. The fraction of sp³-hybridized carbons (Fsp3) is 0.227. The highest BCUT2D eigenvalue weighted by Gasteiger charge is 2.19. The number of amides is 1. The van der Waals surface area contributed by atoms with Crippen molar-refractivity contribution in [1.82, 2.24) is 14.9 Å². The number of nitrogens with two attached hydrogens (primary N) is 1. The number of allylic oxidation sites excluding steroid dienone is 1. The summed E-state index contributed by atoms with van der Waals surface area (Å²) >= 11 is 0.929. The molecule has 11 heteroatoms. The first kappa shape index (κ1) is 26.5. The number of aromatic nitrogens is 2. The Kier molecular flexibility index (Phi) is 9.57. The molecule has 33 heavy (non-hydrogen) atoms. The molecule has 2 rings (SSSR count). The van der Waals surface area contributed by atoms with Crippen molar-refractivity contribution in [2.45, 2.75) is 26.8 Å². The van der Waals surface area contributed by atoms with E-state index in [1.54, 1.807) is 44.3 Å². The lowest BCUT2D eigenvalue weighted by Crippen LogP contribution is -2.22. The first-order chi connectivity index (χ1) is 15.5. The zero-order chi connectivity index (χ0) is 24.6. The van der Waals surface area contributed by atoms with Crippen LogP contribution < -0.4 is 5.73 Å². The number of nitrogens with zero attached hydrogens (tertiary/aromatic N) is 3. The number of anilines is 1. The molecule has 9 nitrogen and oxygen atoms in total. The van der Waals surface area contributed by atoms with Gasteiger partial charge in [0.1, 0.15) is 11.6 Å². The van der Waals surface area contributed by atoms with Crippen molar-refractivity contribution in [1.29, 1.82) is 0 Å². The van der Waals surface area contributed by atoms with E-state index >= 15 is 0 Å². The zero-order valence-corrected chi connectivity index (χ0v) is 20.2. The molecule has 1 aromatic heterocycles. The highest BCUT2D eigenvalue weighted by Crippen LogP contribution is 2.37. The summed E-state index contributed by atoms with van der Waals surface area (Å²) in [5.41, 5.74) is 8.24. The van der Waals surface area contributed by atoms with Gasteiger partial charge in [0, 0.05) is 34.3 Å². The predicted molar refractivity (Wildman–Crippen MR) is 133 cm³/mol. The van der Waals surface area contributed by atoms with Crippen LogP contribution in [0.4, 0.5) is 5.82 Å². The zero-order valence-electron chi connectivity index (χ0n) is 18.5. The van der Waals surface area contributed by atoms with Crippen LogP contribution in [-0.4, -0.2) is 49.1 Å². The number of benzene rings is 1. The average Bonchev–Trinajstić information content (AvgIpc) is 2.76. The molecule has 0 unspecified atom stereocenters. The third kappa shape index (κ3) is 8.27. The summed E-state index contributed by atoms with van der Waals surface area (Å²) in [5.74, 6) is 0.763. The van der Waals surface area contributed by atoms with Gasteiger partial charge in [-0.1, -0.05) is 30.9 Å². The summed E-state index contributed by atoms with van der Waals surface area (Å²) in [6.45, 7) is 7.09. The molecule has 1 amide bonds. The van der Waals surface area contributed by atoms with E-state index in [0.29, 0.717) is 34.0 Å². The lowest BCUT2D eigenvalue weighted by atomic mass is 10.1. The standard InChI is InChI=1S/C22H27N4O5PS/c1-5-17-7-6-8-18(11-17)22(28)33-20(9-10-31-32(4,29)30)15(2)26(14-27)13-19-12-24-16(3)25-21(19)23/h5-8,11-12,14,29-30H,1,4,9-10,13H2,2-3H3,(H2,23,24,25)/b20-15-. The van der Waals surface area contributed by atoms with Gasteiger partial charge < -0.3 is 24.9 Å². The van der Waals surface area contributed by atoms with Gasteiger partial charge in [0.2, 0.25) is 19.1 Å². The lowest BCUT2D eigenvalue weighted by molar-refractivity contribution is -0.116. The van der Waals surface area contributed by atoms with Gasteiger partial charge in [0.25, 0.3) is 0 Å². The fourth-order valence-corrected chi connectivity index (χ4v) is 4.07. The van der Waals surface area contributed by atoms with Crippen LogP contribution in [0.15, 0.2) is 47.6 Å².